The van der Waals surface area contributed by atoms with Gasteiger partial charge in [-0.3, -0.25) is 9.59 Å². The number of ketones is 1. The van der Waals surface area contributed by atoms with Crippen molar-refractivity contribution in [2.75, 3.05) is 0 Å². The molecule has 0 aromatic heterocycles. The maximum absolute atomic E-state index is 11.9. The fraction of sp³-hybridized carbons (Fsp3) is 0.529. The van der Waals surface area contributed by atoms with Gasteiger partial charge >= 0.3 is 5.97 Å². The third-order valence-corrected chi connectivity index (χ3v) is 4.02. The lowest BCUT2D eigenvalue weighted by Crippen LogP contribution is -2.20. The van der Waals surface area contributed by atoms with Crippen molar-refractivity contribution in [1.29, 1.82) is 0 Å². The van der Waals surface area contributed by atoms with Gasteiger partial charge in [-0.1, -0.05) is 25.5 Å². The smallest absolute Gasteiger partial charge is 0.319 e. The van der Waals surface area contributed by atoms with E-state index in [1.54, 1.807) is 0 Å². The molecule has 1 unspecified atom stereocenters. The number of hydrogen-bond donors (Lipinski definition) is 0. The van der Waals surface area contributed by atoms with Gasteiger partial charge in [0.1, 0.15) is 5.25 Å². The van der Waals surface area contributed by atoms with E-state index in [4.69, 9.17) is 4.74 Å². The van der Waals surface area contributed by atoms with Crippen LogP contribution in [0, 0.1) is 0 Å². The molecule has 0 aliphatic carbocycles. The van der Waals surface area contributed by atoms with Crippen molar-refractivity contribution in [2.24, 2.45) is 0 Å². The lowest BCUT2D eigenvalue weighted by molar-refractivity contribution is -0.146. The number of rotatable bonds is 8. The van der Waals surface area contributed by atoms with Crippen LogP contribution in [0.5, 0.6) is 0 Å². The van der Waals surface area contributed by atoms with Crippen LogP contribution in [0.25, 0.3) is 0 Å². The number of hydrogen-bond acceptors (Lipinski definition) is 4. The fourth-order valence-electron chi connectivity index (χ4n) is 1.78. The molecule has 1 rings (SSSR count). The minimum absolute atomic E-state index is 0.0980. The lowest BCUT2D eigenvalue weighted by Gasteiger charge is -2.13. The predicted molar refractivity (Wildman–Crippen MR) is 86.8 cm³/mol. The summed E-state index contributed by atoms with van der Waals surface area (Å²) in [5.74, 6) is -0.0289. The second kappa shape index (κ2) is 8.88. The highest BCUT2D eigenvalue weighted by Crippen LogP contribution is 2.25. The van der Waals surface area contributed by atoms with E-state index in [9.17, 15) is 9.59 Å². The molecule has 0 aliphatic rings. The van der Waals surface area contributed by atoms with Crippen molar-refractivity contribution >= 4 is 23.5 Å². The van der Waals surface area contributed by atoms with Gasteiger partial charge in [-0.15, -0.1) is 11.8 Å². The summed E-state index contributed by atoms with van der Waals surface area (Å²) in [6.45, 7) is 7.58. The van der Waals surface area contributed by atoms with Gasteiger partial charge in [0.05, 0.1) is 6.10 Å². The number of benzene rings is 1. The van der Waals surface area contributed by atoms with Gasteiger partial charge in [0.2, 0.25) is 0 Å². The van der Waals surface area contributed by atoms with Crippen molar-refractivity contribution in [2.45, 2.75) is 63.2 Å². The Hall–Kier alpha value is -1.29. The zero-order chi connectivity index (χ0) is 15.8. The van der Waals surface area contributed by atoms with E-state index < -0.39 is 0 Å². The average molecular weight is 308 g/mol. The summed E-state index contributed by atoms with van der Waals surface area (Å²) < 4.78 is 5.18. The second-order valence-electron chi connectivity index (χ2n) is 5.30. The molecule has 0 aliphatic heterocycles. The number of ether oxygens (including phenoxy) is 1. The lowest BCUT2D eigenvalue weighted by atomic mass is 10.1. The van der Waals surface area contributed by atoms with Gasteiger partial charge in [-0.2, -0.15) is 0 Å². The molecule has 0 N–H and O–H groups in total. The number of esters is 1. The van der Waals surface area contributed by atoms with E-state index in [2.05, 4.69) is 6.92 Å². The Morgan fingerprint density at radius 3 is 2.29 bits per heavy atom. The van der Waals surface area contributed by atoms with Crippen LogP contribution < -0.4 is 0 Å². The first kappa shape index (κ1) is 17.8. The van der Waals surface area contributed by atoms with Gasteiger partial charge in [-0.25, -0.2) is 0 Å². The van der Waals surface area contributed by atoms with Gasteiger partial charge in [0.15, 0.2) is 5.78 Å². The molecular formula is C17H24O3S. The van der Waals surface area contributed by atoms with Crippen LogP contribution in [-0.2, 0) is 9.53 Å². The highest BCUT2D eigenvalue weighted by atomic mass is 32.2. The molecule has 3 nitrogen and oxygen atoms in total. The molecule has 0 radical (unpaired) electrons. The normalized spacial score (nSPS) is 12.2. The Balaban J connectivity index is 2.58. The molecule has 4 heteroatoms. The topological polar surface area (TPSA) is 43.4 Å². The van der Waals surface area contributed by atoms with E-state index in [0.29, 0.717) is 6.42 Å². The van der Waals surface area contributed by atoms with Crippen molar-refractivity contribution < 1.29 is 14.3 Å². The standard InChI is InChI=1S/C17H24O3S/c1-5-6-7-16(18)14-8-10-15(11-9-14)21-13(4)17(19)20-12(2)3/h8-13H,5-7H2,1-4H3. The summed E-state index contributed by atoms with van der Waals surface area (Å²) in [5, 5.41) is -0.256. The van der Waals surface area contributed by atoms with Crippen molar-refractivity contribution in [3.8, 4) is 0 Å². The van der Waals surface area contributed by atoms with E-state index in [-0.39, 0.29) is 23.1 Å². The second-order valence-corrected chi connectivity index (χ2v) is 6.71. The molecule has 0 bridgehead atoms. The molecule has 0 saturated heterocycles. The number of thioether (sulfide) groups is 1. The van der Waals surface area contributed by atoms with Gasteiger partial charge in [-0.05, 0) is 39.3 Å². The molecule has 0 fully saturated rings. The largest absolute Gasteiger partial charge is 0.462 e. The molecule has 1 aromatic rings. The summed E-state index contributed by atoms with van der Waals surface area (Å²) in [6, 6.07) is 7.45. The van der Waals surface area contributed by atoms with Crippen LogP contribution in [0.4, 0.5) is 0 Å². The molecule has 116 valence electrons. The maximum atomic E-state index is 11.9. The first-order chi connectivity index (χ1) is 9.93. The molecule has 0 heterocycles. The van der Waals surface area contributed by atoms with Crippen molar-refractivity contribution in [3.05, 3.63) is 29.8 Å². The van der Waals surface area contributed by atoms with E-state index >= 15 is 0 Å². The van der Waals surface area contributed by atoms with Crippen LogP contribution >= 0.6 is 11.8 Å². The van der Waals surface area contributed by atoms with E-state index in [1.165, 1.54) is 11.8 Å². The molecule has 0 spiro atoms. The van der Waals surface area contributed by atoms with Crippen LogP contribution in [0.2, 0.25) is 0 Å². The Morgan fingerprint density at radius 1 is 1.14 bits per heavy atom. The first-order valence-corrected chi connectivity index (χ1v) is 8.32. The van der Waals surface area contributed by atoms with E-state index in [0.717, 1.165) is 23.3 Å². The first-order valence-electron chi connectivity index (χ1n) is 7.44. The van der Waals surface area contributed by atoms with E-state index in [1.807, 2.05) is 45.0 Å². The summed E-state index contributed by atoms with van der Waals surface area (Å²) >= 11 is 1.45. The molecule has 0 amide bonds. The van der Waals surface area contributed by atoms with Crippen molar-refractivity contribution in [3.63, 3.8) is 0 Å². The quantitative estimate of drug-likeness (QED) is 0.403. The Kier molecular flexibility index (Phi) is 7.51. The van der Waals surface area contributed by atoms with Crippen LogP contribution in [0.1, 0.15) is 57.3 Å². The molecule has 0 saturated carbocycles. The van der Waals surface area contributed by atoms with Crippen LogP contribution in [-0.4, -0.2) is 23.1 Å². The third-order valence-electron chi connectivity index (χ3n) is 2.93. The van der Waals surface area contributed by atoms with Gasteiger partial charge < -0.3 is 4.74 Å². The van der Waals surface area contributed by atoms with Crippen LogP contribution in [0.15, 0.2) is 29.2 Å². The monoisotopic (exact) mass is 308 g/mol. The Bertz CT molecular complexity index is 465. The fourth-order valence-corrected chi connectivity index (χ4v) is 2.63. The van der Waals surface area contributed by atoms with Gasteiger partial charge in [0.25, 0.3) is 0 Å². The zero-order valence-electron chi connectivity index (χ0n) is 13.2. The minimum atomic E-state index is -0.256. The summed E-state index contributed by atoms with van der Waals surface area (Å²) in [5.41, 5.74) is 0.741. The average Bonchev–Trinajstić information content (AvgIpc) is 2.44. The Labute approximate surface area is 131 Å². The summed E-state index contributed by atoms with van der Waals surface area (Å²) in [4.78, 5) is 24.6. The highest BCUT2D eigenvalue weighted by molar-refractivity contribution is 8.00. The Morgan fingerprint density at radius 2 is 1.76 bits per heavy atom. The predicted octanol–water partition coefficient (Wildman–Crippen LogP) is 4.49. The van der Waals surface area contributed by atoms with Crippen LogP contribution in [0.3, 0.4) is 0 Å². The summed E-state index contributed by atoms with van der Waals surface area (Å²) in [7, 11) is 0. The number of carbonyl (C=O) groups is 2. The minimum Gasteiger partial charge on any atom is -0.462 e. The van der Waals surface area contributed by atoms with Crippen molar-refractivity contribution in [1.82, 2.24) is 0 Å². The van der Waals surface area contributed by atoms with Gasteiger partial charge in [0, 0.05) is 16.9 Å². The highest BCUT2D eigenvalue weighted by Gasteiger charge is 2.17. The third kappa shape index (κ3) is 6.34. The molecular weight excluding hydrogens is 284 g/mol. The number of Topliss-reactive ketones (excluding diaryl/α,β-unsaturated/α-hetero) is 1. The molecule has 1 aromatic carbocycles. The number of carbonyl (C=O) groups excluding carboxylic acids is 2. The SMILES string of the molecule is CCCCC(=O)c1ccc(SC(C)C(=O)OC(C)C)cc1. The molecule has 21 heavy (non-hydrogen) atoms. The summed E-state index contributed by atoms with van der Waals surface area (Å²) in [6.07, 6.45) is 2.45. The number of unbranched alkanes of at least 4 members (excludes halogenated alkanes) is 1. The molecule has 1 atom stereocenters. The zero-order valence-corrected chi connectivity index (χ0v) is 14.0. The maximum Gasteiger partial charge on any atom is 0.319 e.